The van der Waals surface area contributed by atoms with E-state index in [9.17, 15) is 19.8 Å². The maximum Gasteiger partial charge on any atom is 0.0844 e. The second-order valence-corrected chi connectivity index (χ2v) is 2.78. The number of hydrogen-bond donors (Lipinski definition) is 0. The molecule has 0 N–H and O–H groups in total. The summed E-state index contributed by atoms with van der Waals surface area (Å²) in [6.45, 7) is 5.97. The summed E-state index contributed by atoms with van der Waals surface area (Å²) in [5.74, 6) is -2.81. The Morgan fingerprint density at radius 1 is 1.29 bits per heavy atom. The molecule has 0 unspecified atom stereocenters. The van der Waals surface area contributed by atoms with Crippen LogP contribution in [0.15, 0.2) is 37.1 Å². The van der Waals surface area contributed by atoms with E-state index in [-0.39, 0.29) is 11.1 Å². The van der Waals surface area contributed by atoms with Gasteiger partial charge in [0.15, 0.2) is 0 Å². The molecule has 0 spiro atoms. The molecule has 92 valence electrons. The number of ether oxygens (including phenoxy) is 1. The van der Waals surface area contributed by atoms with Crippen molar-refractivity contribution in [3.63, 3.8) is 0 Å². The van der Waals surface area contributed by atoms with Crippen LogP contribution < -0.4 is 10.2 Å². The summed E-state index contributed by atoms with van der Waals surface area (Å²) < 4.78 is 4.60. The average molecular weight is 236 g/mol. The number of carbonyl (C=O) groups is 2. The fraction of sp³-hybridized carbons (Fsp3) is 0.167. The molecule has 0 saturated carbocycles. The standard InChI is InChI=1S/C8H6O4.C4H8O/c9-7(10)5-2-1-3-6(4-5)8(11)12;1-3-5-4-2/h1-4H,(H,9,10)(H,11,12);3H,1,4H2,2H3/p-2. The molecular weight excluding hydrogens is 224 g/mol. The molecular formula is C12H12O5-2. The number of carboxylic acids is 2. The highest BCUT2D eigenvalue weighted by molar-refractivity contribution is 5.91. The molecule has 0 aliphatic heterocycles. The molecule has 0 saturated heterocycles. The van der Waals surface area contributed by atoms with Gasteiger partial charge in [-0.05, 0) is 24.1 Å². The molecule has 1 rings (SSSR count). The molecule has 0 fully saturated rings. The first-order chi connectivity index (χ1) is 8.02. The first-order valence-corrected chi connectivity index (χ1v) is 4.78. The molecule has 5 nitrogen and oxygen atoms in total. The Bertz CT molecular complexity index is 368. The lowest BCUT2D eigenvalue weighted by atomic mass is 10.1. The van der Waals surface area contributed by atoms with Crippen LogP contribution in [0.25, 0.3) is 0 Å². The van der Waals surface area contributed by atoms with E-state index in [1.807, 2.05) is 6.92 Å². The van der Waals surface area contributed by atoms with E-state index < -0.39 is 11.9 Å². The van der Waals surface area contributed by atoms with Crippen LogP contribution in [-0.2, 0) is 4.74 Å². The van der Waals surface area contributed by atoms with Gasteiger partial charge in [0, 0.05) is 0 Å². The van der Waals surface area contributed by atoms with Gasteiger partial charge >= 0.3 is 0 Å². The molecule has 5 heteroatoms. The number of carboxylic acid groups (broad SMARTS) is 2. The van der Waals surface area contributed by atoms with Crippen molar-refractivity contribution in [1.82, 2.24) is 0 Å². The number of benzene rings is 1. The van der Waals surface area contributed by atoms with E-state index in [1.54, 1.807) is 0 Å². The highest BCUT2D eigenvalue weighted by Gasteiger charge is 1.96. The lowest BCUT2D eigenvalue weighted by Crippen LogP contribution is -2.25. The van der Waals surface area contributed by atoms with E-state index in [1.165, 1.54) is 24.5 Å². The highest BCUT2D eigenvalue weighted by atomic mass is 16.5. The lowest BCUT2D eigenvalue weighted by Gasteiger charge is -2.05. The number of rotatable bonds is 4. The third-order valence-electron chi connectivity index (χ3n) is 1.62. The van der Waals surface area contributed by atoms with Crippen LogP contribution in [-0.4, -0.2) is 18.5 Å². The average Bonchev–Trinajstić information content (AvgIpc) is 2.31. The SMILES string of the molecule is C=COCC.O=C([O-])c1cccc(C(=O)[O-])c1. The van der Waals surface area contributed by atoms with Gasteiger partial charge in [-0.3, -0.25) is 0 Å². The second kappa shape index (κ2) is 7.92. The Hall–Kier alpha value is -2.30. The predicted molar refractivity (Wildman–Crippen MR) is 56.9 cm³/mol. The quantitative estimate of drug-likeness (QED) is 0.662. The van der Waals surface area contributed by atoms with Gasteiger partial charge in [0.25, 0.3) is 0 Å². The van der Waals surface area contributed by atoms with Crippen molar-refractivity contribution in [3.8, 4) is 0 Å². The summed E-state index contributed by atoms with van der Waals surface area (Å²) in [4.78, 5) is 20.5. The number of carbonyl (C=O) groups excluding carboxylic acids is 2. The lowest BCUT2D eigenvalue weighted by molar-refractivity contribution is -0.255. The summed E-state index contributed by atoms with van der Waals surface area (Å²) in [6.07, 6.45) is 1.43. The normalized spacial score (nSPS) is 8.53. The van der Waals surface area contributed by atoms with E-state index in [2.05, 4.69) is 11.3 Å². The molecule has 0 amide bonds. The van der Waals surface area contributed by atoms with Crippen molar-refractivity contribution >= 4 is 11.9 Å². The van der Waals surface area contributed by atoms with Gasteiger partial charge in [0.05, 0.1) is 24.8 Å². The van der Waals surface area contributed by atoms with Gasteiger partial charge in [0.2, 0.25) is 0 Å². The minimum absolute atomic E-state index is 0.170. The Morgan fingerprint density at radius 3 is 2.00 bits per heavy atom. The zero-order valence-corrected chi connectivity index (χ0v) is 9.34. The molecule has 0 radical (unpaired) electrons. The molecule has 0 heterocycles. The van der Waals surface area contributed by atoms with Crippen LogP contribution in [0.2, 0.25) is 0 Å². The molecule has 0 aliphatic rings. The zero-order valence-electron chi connectivity index (χ0n) is 9.34. The number of aromatic carboxylic acids is 2. The summed E-state index contributed by atoms with van der Waals surface area (Å²) in [5, 5.41) is 20.5. The third kappa shape index (κ3) is 5.99. The van der Waals surface area contributed by atoms with Crippen molar-refractivity contribution in [2.24, 2.45) is 0 Å². The first-order valence-electron chi connectivity index (χ1n) is 4.78. The van der Waals surface area contributed by atoms with Crippen LogP contribution in [0.5, 0.6) is 0 Å². The second-order valence-electron chi connectivity index (χ2n) is 2.78. The first kappa shape index (κ1) is 14.7. The van der Waals surface area contributed by atoms with Crippen LogP contribution in [0.1, 0.15) is 27.6 Å². The van der Waals surface area contributed by atoms with Crippen LogP contribution >= 0.6 is 0 Å². The molecule has 17 heavy (non-hydrogen) atoms. The van der Waals surface area contributed by atoms with Crippen LogP contribution in [0.3, 0.4) is 0 Å². The Kier molecular flexibility index (Phi) is 6.85. The molecule has 0 aromatic heterocycles. The fourth-order valence-electron chi connectivity index (χ4n) is 0.891. The van der Waals surface area contributed by atoms with Gasteiger partial charge in [0.1, 0.15) is 0 Å². The van der Waals surface area contributed by atoms with Gasteiger partial charge < -0.3 is 24.5 Å². The minimum Gasteiger partial charge on any atom is -0.545 e. The monoisotopic (exact) mass is 236 g/mol. The van der Waals surface area contributed by atoms with Crippen LogP contribution in [0.4, 0.5) is 0 Å². The maximum absolute atomic E-state index is 10.3. The van der Waals surface area contributed by atoms with Gasteiger partial charge in [-0.2, -0.15) is 0 Å². The Balaban J connectivity index is 0.000000437. The summed E-state index contributed by atoms with van der Waals surface area (Å²) in [6, 6.07) is 4.81. The van der Waals surface area contributed by atoms with Crippen molar-refractivity contribution in [3.05, 3.63) is 48.2 Å². The Labute approximate surface area is 99.0 Å². The van der Waals surface area contributed by atoms with E-state index >= 15 is 0 Å². The van der Waals surface area contributed by atoms with E-state index in [4.69, 9.17) is 0 Å². The summed E-state index contributed by atoms with van der Waals surface area (Å²) in [5.41, 5.74) is -0.339. The maximum atomic E-state index is 10.3. The predicted octanol–water partition coefficient (Wildman–Crippen LogP) is -0.420. The van der Waals surface area contributed by atoms with Gasteiger partial charge in [-0.1, -0.05) is 24.8 Å². The fourth-order valence-corrected chi connectivity index (χ4v) is 0.891. The van der Waals surface area contributed by atoms with Crippen molar-refractivity contribution in [1.29, 1.82) is 0 Å². The minimum atomic E-state index is -1.40. The van der Waals surface area contributed by atoms with Crippen molar-refractivity contribution in [2.75, 3.05) is 6.61 Å². The summed E-state index contributed by atoms with van der Waals surface area (Å²) in [7, 11) is 0. The smallest absolute Gasteiger partial charge is 0.0844 e. The zero-order chi connectivity index (χ0) is 13.3. The molecule has 0 bridgehead atoms. The van der Waals surface area contributed by atoms with Crippen molar-refractivity contribution in [2.45, 2.75) is 6.92 Å². The molecule has 0 aliphatic carbocycles. The van der Waals surface area contributed by atoms with E-state index in [0.29, 0.717) is 0 Å². The topological polar surface area (TPSA) is 89.5 Å². The third-order valence-corrected chi connectivity index (χ3v) is 1.62. The summed E-state index contributed by atoms with van der Waals surface area (Å²) >= 11 is 0. The molecule has 1 aromatic rings. The van der Waals surface area contributed by atoms with Gasteiger partial charge in [-0.15, -0.1) is 0 Å². The van der Waals surface area contributed by atoms with E-state index in [0.717, 1.165) is 12.7 Å². The van der Waals surface area contributed by atoms with Crippen molar-refractivity contribution < 1.29 is 24.5 Å². The van der Waals surface area contributed by atoms with Gasteiger partial charge in [-0.25, -0.2) is 0 Å². The highest BCUT2D eigenvalue weighted by Crippen LogP contribution is 2.02. The largest absolute Gasteiger partial charge is 0.545 e. The molecule has 0 atom stereocenters. The number of hydrogen-bond acceptors (Lipinski definition) is 5. The molecule has 1 aromatic carbocycles. The van der Waals surface area contributed by atoms with Crippen LogP contribution in [0, 0.1) is 0 Å². The Morgan fingerprint density at radius 2 is 1.76 bits per heavy atom.